The topological polar surface area (TPSA) is 61.9 Å². The van der Waals surface area contributed by atoms with Crippen LogP contribution in [0.3, 0.4) is 0 Å². The lowest BCUT2D eigenvalue weighted by Crippen LogP contribution is -2.47. The van der Waals surface area contributed by atoms with Crippen LogP contribution < -0.4 is 15.0 Å². The van der Waals surface area contributed by atoms with Crippen LogP contribution in [0.2, 0.25) is 0 Å². The number of unbranched alkanes of at least 4 members (excludes halogenated alkanes) is 4. The van der Waals surface area contributed by atoms with E-state index in [1.807, 2.05) is 11.8 Å². The van der Waals surface area contributed by atoms with Crippen LogP contribution in [0.15, 0.2) is 48.5 Å². The molecule has 0 bridgehead atoms. The standard InChI is InChI=1S/C27H34FN3O3S/c1-3-5-6-7-8-17-30(27(35)29-21-11-9-20(28)10-12-21)24-19-25(32)31(26(24)33)22-13-15-23(16-14-22)34-18-4-2/h9-16,24H,3-8,17-19H2,1-2H3,(H,29,35). The van der Waals surface area contributed by atoms with Crippen molar-refractivity contribution in [3.05, 3.63) is 54.3 Å². The number of rotatable bonds is 12. The van der Waals surface area contributed by atoms with Crippen molar-refractivity contribution in [2.75, 3.05) is 23.4 Å². The zero-order chi connectivity index (χ0) is 25.2. The average Bonchev–Trinajstić information content (AvgIpc) is 3.15. The van der Waals surface area contributed by atoms with Crippen molar-refractivity contribution in [1.29, 1.82) is 0 Å². The van der Waals surface area contributed by atoms with Gasteiger partial charge < -0.3 is 15.0 Å². The first-order valence-electron chi connectivity index (χ1n) is 12.4. The molecule has 0 saturated carbocycles. The van der Waals surface area contributed by atoms with Gasteiger partial charge in [-0.2, -0.15) is 0 Å². The minimum Gasteiger partial charge on any atom is -0.494 e. The van der Waals surface area contributed by atoms with Crippen LogP contribution >= 0.6 is 12.2 Å². The number of hydrogen-bond donors (Lipinski definition) is 1. The summed E-state index contributed by atoms with van der Waals surface area (Å²) in [6.07, 6.45) is 6.22. The van der Waals surface area contributed by atoms with Crippen molar-refractivity contribution < 1.29 is 18.7 Å². The quantitative estimate of drug-likeness (QED) is 0.222. The number of carbonyl (C=O) groups is 2. The van der Waals surface area contributed by atoms with E-state index in [0.29, 0.717) is 35.4 Å². The minimum atomic E-state index is -0.690. The average molecular weight is 500 g/mol. The lowest BCUT2D eigenvalue weighted by Gasteiger charge is -2.30. The second kappa shape index (κ2) is 13.2. The maximum Gasteiger partial charge on any atom is 0.257 e. The molecule has 0 aromatic heterocycles. The Kier molecular flexibility index (Phi) is 10.0. The number of nitrogens with one attached hydrogen (secondary N) is 1. The Hall–Kier alpha value is -3.00. The zero-order valence-electron chi connectivity index (χ0n) is 20.5. The van der Waals surface area contributed by atoms with Crippen LogP contribution in [0.4, 0.5) is 15.8 Å². The van der Waals surface area contributed by atoms with E-state index in [0.717, 1.165) is 38.5 Å². The smallest absolute Gasteiger partial charge is 0.257 e. The first-order valence-corrected chi connectivity index (χ1v) is 12.8. The number of amides is 2. The third-order valence-electron chi connectivity index (χ3n) is 5.93. The van der Waals surface area contributed by atoms with Gasteiger partial charge in [0.2, 0.25) is 5.91 Å². The first-order chi connectivity index (χ1) is 16.9. The van der Waals surface area contributed by atoms with E-state index in [4.69, 9.17) is 17.0 Å². The number of halogens is 1. The number of carbonyl (C=O) groups excluding carboxylic acids is 2. The predicted molar refractivity (Wildman–Crippen MR) is 141 cm³/mol. The van der Waals surface area contributed by atoms with Gasteiger partial charge in [-0.3, -0.25) is 9.59 Å². The molecule has 1 N–H and O–H groups in total. The normalized spacial score (nSPS) is 15.4. The summed E-state index contributed by atoms with van der Waals surface area (Å²) in [5, 5.41) is 3.46. The van der Waals surface area contributed by atoms with Gasteiger partial charge in [0.1, 0.15) is 17.6 Å². The lowest BCUT2D eigenvalue weighted by atomic mass is 10.1. The second-order valence-electron chi connectivity index (χ2n) is 8.67. The maximum absolute atomic E-state index is 13.4. The summed E-state index contributed by atoms with van der Waals surface area (Å²) in [4.78, 5) is 29.4. The van der Waals surface area contributed by atoms with Crippen molar-refractivity contribution in [2.45, 2.75) is 64.8 Å². The zero-order valence-corrected chi connectivity index (χ0v) is 21.3. The molecular weight excluding hydrogens is 465 g/mol. The van der Waals surface area contributed by atoms with Crippen LogP contribution in [0.1, 0.15) is 58.8 Å². The molecule has 35 heavy (non-hydrogen) atoms. The molecule has 2 aromatic rings. The van der Waals surface area contributed by atoms with E-state index < -0.39 is 6.04 Å². The van der Waals surface area contributed by atoms with Crippen molar-refractivity contribution in [3.8, 4) is 5.75 Å². The molecule has 0 radical (unpaired) electrons. The van der Waals surface area contributed by atoms with E-state index >= 15 is 0 Å². The van der Waals surface area contributed by atoms with E-state index in [-0.39, 0.29) is 24.1 Å². The maximum atomic E-state index is 13.4. The molecule has 0 spiro atoms. The van der Waals surface area contributed by atoms with Crippen molar-refractivity contribution in [1.82, 2.24) is 4.90 Å². The number of thiocarbonyl (C=S) groups is 1. The molecule has 2 aromatic carbocycles. The summed E-state index contributed by atoms with van der Waals surface area (Å²) >= 11 is 5.65. The van der Waals surface area contributed by atoms with Crippen LogP contribution in [-0.2, 0) is 9.59 Å². The van der Waals surface area contributed by atoms with Gasteiger partial charge in [0, 0.05) is 12.2 Å². The summed E-state index contributed by atoms with van der Waals surface area (Å²) in [6.45, 7) is 5.35. The molecule has 1 heterocycles. The summed E-state index contributed by atoms with van der Waals surface area (Å²) in [7, 11) is 0. The van der Waals surface area contributed by atoms with Crippen LogP contribution in [-0.4, -0.2) is 41.0 Å². The highest BCUT2D eigenvalue weighted by atomic mass is 32.1. The van der Waals surface area contributed by atoms with Crippen LogP contribution in [0, 0.1) is 5.82 Å². The van der Waals surface area contributed by atoms with Gasteiger partial charge in [-0.05, 0) is 73.6 Å². The van der Waals surface area contributed by atoms with Crippen molar-refractivity contribution >= 4 is 40.5 Å². The third kappa shape index (κ3) is 7.24. The molecule has 8 heteroatoms. The molecule has 1 saturated heterocycles. The van der Waals surface area contributed by atoms with Gasteiger partial charge in [0.25, 0.3) is 5.91 Å². The Morgan fingerprint density at radius 1 is 1.03 bits per heavy atom. The Bertz CT molecular complexity index is 998. The van der Waals surface area contributed by atoms with Crippen LogP contribution in [0.25, 0.3) is 0 Å². The Morgan fingerprint density at radius 3 is 2.37 bits per heavy atom. The molecule has 0 aliphatic carbocycles. The van der Waals surface area contributed by atoms with E-state index in [2.05, 4.69) is 12.2 Å². The SMILES string of the molecule is CCCCCCCN(C(=S)Nc1ccc(F)cc1)C1CC(=O)N(c2ccc(OCCC)cc2)C1=O. The van der Waals surface area contributed by atoms with Gasteiger partial charge in [0.15, 0.2) is 5.11 Å². The van der Waals surface area contributed by atoms with Gasteiger partial charge >= 0.3 is 0 Å². The summed E-state index contributed by atoms with van der Waals surface area (Å²) in [5.41, 5.74) is 1.15. The van der Waals surface area contributed by atoms with E-state index in [9.17, 15) is 14.0 Å². The largest absolute Gasteiger partial charge is 0.494 e. The number of ether oxygens (including phenoxy) is 1. The second-order valence-corrected chi connectivity index (χ2v) is 9.06. The number of anilines is 2. The van der Waals surface area contributed by atoms with Gasteiger partial charge in [-0.1, -0.05) is 39.5 Å². The predicted octanol–water partition coefficient (Wildman–Crippen LogP) is 5.92. The molecule has 188 valence electrons. The van der Waals surface area contributed by atoms with E-state index in [1.54, 1.807) is 36.4 Å². The minimum absolute atomic E-state index is 0.0487. The highest BCUT2D eigenvalue weighted by molar-refractivity contribution is 7.80. The summed E-state index contributed by atoms with van der Waals surface area (Å²) < 4.78 is 18.9. The molecular formula is C27H34FN3O3S. The molecule has 1 unspecified atom stereocenters. The summed E-state index contributed by atoms with van der Waals surface area (Å²) in [5.74, 6) is -0.200. The third-order valence-corrected chi connectivity index (χ3v) is 6.26. The van der Waals surface area contributed by atoms with Crippen molar-refractivity contribution in [3.63, 3.8) is 0 Å². The number of hydrogen-bond acceptors (Lipinski definition) is 4. The van der Waals surface area contributed by atoms with Crippen LogP contribution in [0.5, 0.6) is 5.75 Å². The Balaban J connectivity index is 1.75. The Morgan fingerprint density at radius 2 is 1.71 bits per heavy atom. The van der Waals surface area contributed by atoms with Gasteiger partial charge in [0.05, 0.1) is 18.7 Å². The number of nitrogens with zero attached hydrogens (tertiary/aromatic N) is 2. The number of benzene rings is 2. The molecule has 1 fully saturated rings. The fourth-order valence-corrected chi connectivity index (χ4v) is 4.39. The molecule has 3 rings (SSSR count). The fraction of sp³-hybridized carbons (Fsp3) is 0.444. The molecule has 1 aliphatic heterocycles. The Labute approximate surface area is 212 Å². The van der Waals surface area contributed by atoms with Gasteiger partial charge in [-0.15, -0.1) is 0 Å². The lowest BCUT2D eigenvalue weighted by molar-refractivity contribution is -0.122. The highest BCUT2D eigenvalue weighted by Gasteiger charge is 2.43. The molecule has 1 aliphatic rings. The van der Waals surface area contributed by atoms with E-state index in [1.165, 1.54) is 17.0 Å². The number of imide groups is 1. The van der Waals surface area contributed by atoms with Gasteiger partial charge in [-0.25, -0.2) is 9.29 Å². The van der Waals surface area contributed by atoms with Crippen molar-refractivity contribution in [2.24, 2.45) is 0 Å². The molecule has 6 nitrogen and oxygen atoms in total. The highest BCUT2D eigenvalue weighted by Crippen LogP contribution is 2.28. The monoisotopic (exact) mass is 499 g/mol. The molecule has 1 atom stereocenters. The first kappa shape index (κ1) is 26.6. The molecule has 2 amide bonds. The fourth-order valence-electron chi connectivity index (χ4n) is 4.06. The summed E-state index contributed by atoms with van der Waals surface area (Å²) in [6, 6.07) is 12.2.